The lowest BCUT2D eigenvalue weighted by Crippen LogP contribution is -2.44. The van der Waals surface area contributed by atoms with Crippen LogP contribution in [-0.2, 0) is 0 Å². The van der Waals surface area contributed by atoms with Gasteiger partial charge in [0.2, 0.25) is 0 Å². The highest BCUT2D eigenvalue weighted by Crippen LogP contribution is 2.14. The van der Waals surface area contributed by atoms with Gasteiger partial charge in [0, 0.05) is 24.1 Å². The normalized spacial score (nSPS) is 11.2. The minimum Gasteiger partial charge on any atom is -0.618 e. The van der Waals surface area contributed by atoms with Gasteiger partial charge in [-0.1, -0.05) is 29.8 Å². The Morgan fingerprint density at radius 1 is 1.04 bits per heavy atom. The summed E-state index contributed by atoms with van der Waals surface area (Å²) in [7, 11) is 0. The first-order valence-corrected chi connectivity index (χ1v) is 7.25. The molecule has 0 unspecified atom stereocenters. The predicted molar refractivity (Wildman–Crippen MR) is 89.3 cm³/mol. The van der Waals surface area contributed by atoms with Crippen LogP contribution < -0.4 is 14.9 Å². The zero-order valence-electron chi connectivity index (χ0n) is 12.2. The Morgan fingerprint density at radius 2 is 1.74 bits per heavy atom. The van der Waals surface area contributed by atoms with E-state index in [1.807, 2.05) is 0 Å². The van der Waals surface area contributed by atoms with E-state index in [1.54, 1.807) is 55.5 Å². The third-order valence-corrected chi connectivity index (χ3v) is 3.65. The van der Waals surface area contributed by atoms with E-state index in [4.69, 9.17) is 11.6 Å². The molecular formula is C16H13ClN4O2. The molecule has 0 aliphatic heterocycles. The summed E-state index contributed by atoms with van der Waals surface area (Å²) in [4.78, 5) is 0. The molecule has 0 saturated carbocycles. The van der Waals surface area contributed by atoms with Crippen molar-refractivity contribution in [2.45, 2.75) is 6.92 Å². The molecule has 6 nitrogen and oxygen atoms in total. The van der Waals surface area contributed by atoms with Gasteiger partial charge in [-0.3, -0.25) is 5.43 Å². The lowest BCUT2D eigenvalue weighted by atomic mass is 10.2. The van der Waals surface area contributed by atoms with E-state index >= 15 is 0 Å². The number of fused-ring (bicyclic) bond motifs is 1. The highest BCUT2D eigenvalue weighted by atomic mass is 35.5. The fourth-order valence-corrected chi connectivity index (χ4v) is 2.43. The van der Waals surface area contributed by atoms with Crippen LogP contribution in [0.3, 0.4) is 0 Å². The second-order valence-electron chi connectivity index (χ2n) is 4.93. The lowest BCUT2D eigenvalue weighted by molar-refractivity contribution is -0.634. The molecule has 0 fully saturated rings. The van der Waals surface area contributed by atoms with Crippen molar-refractivity contribution in [1.29, 1.82) is 0 Å². The van der Waals surface area contributed by atoms with Crippen molar-refractivity contribution in [3.05, 3.63) is 75.4 Å². The van der Waals surface area contributed by atoms with Gasteiger partial charge >= 0.3 is 5.69 Å². The van der Waals surface area contributed by atoms with Gasteiger partial charge in [-0.2, -0.15) is 14.6 Å². The summed E-state index contributed by atoms with van der Waals surface area (Å²) < 4.78 is 1.42. The number of benzene rings is 2. The Bertz CT molecular complexity index is 912. The van der Waals surface area contributed by atoms with Crippen molar-refractivity contribution in [2.24, 2.45) is 5.10 Å². The Hall–Kier alpha value is -2.86. The van der Waals surface area contributed by atoms with Crippen molar-refractivity contribution in [3.63, 3.8) is 0 Å². The molecule has 7 heteroatoms. The Morgan fingerprint density at radius 3 is 2.43 bits per heavy atom. The minimum atomic E-state index is 0.174. The van der Waals surface area contributed by atoms with Crippen LogP contribution in [0.15, 0.2) is 53.6 Å². The van der Waals surface area contributed by atoms with Gasteiger partial charge in [-0.25, -0.2) is 0 Å². The summed E-state index contributed by atoms with van der Waals surface area (Å²) in [5.74, 6) is 0. The monoisotopic (exact) mass is 328 g/mol. The Balaban J connectivity index is 1.98. The van der Waals surface area contributed by atoms with Gasteiger partial charge in [-0.05, 0) is 18.2 Å². The van der Waals surface area contributed by atoms with Gasteiger partial charge in [0.1, 0.15) is 6.21 Å². The highest BCUT2D eigenvalue weighted by molar-refractivity contribution is 6.30. The molecule has 23 heavy (non-hydrogen) atoms. The van der Waals surface area contributed by atoms with Crippen molar-refractivity contribution in [3.8, 4) is 0 Å². The molecule has 1 N–H and O–H groups in total. The van der Waals surface area contributed by atoms with E-state index in [1.165, 1.54) is 6.21 Å². The van der Waals surface area contributed by atoms with Crippen molar-refractivity contribution >= 4 is 34.5 Å². The fraction of sp³-hybridized carbons (Fsp3) is 0.0625. The molecule has 0 aliphatic carbocycles. The average molecular weight is 329 g/mol. The van der Waals surface area contributed by atoms with Gasteiger partial charge in [0.15, 0.2) is 0 Å². The molecule has 1 aromatic heterocycles. The zero-order valence-corrected chi connectivity index (χ0v) is 13.0. The largest absolute Gasteiger partial charge is 0.618 e. The zero-order chi connectivity index (χ0) is 16.4. The summed E-state index contributed by atoms with van der Waals surface area (Å²) in [6, 6.07) is 13.6. The Labute approximate surface area is 137 Å². The van der Waals surface area contributed by atoms with Crippen molar-refractivity contribution in [2.75, 3.05) is 5.43 Å². The summed E-state index contributed by atoms with van der Waals surface area (Å²) in [5, 5.41) is 29.3. The number of hydrazone groups is 1. The summed E-state index contributed by atoms with van der Waals surface area (Å²) in [6.07, 6.45) is 1.32. The first-order chi connectivity index (χ1) is 11.1. The molecular weight excluding hydrogens is 316 g/mol. The van der Waals surface area contributed by atoms with Gasteiger partial charge < -0.3 is 10.4 Å². The maximum Gasteiger partial charge on any atom is 0.305 e. The number of rotatable bonds is 3. The van der Waals surface area contributed by atoms with Crippen LogP contribution in [0.4, 0.5) is 5.69 Å². The van der Waals surface area contributed by atoms with E-state index in [0.29, 0.717) is 21.0 Å². The fourth-order valence-electron chi connectivity index (χ4n) is 2.24. The standard InChI is InChI=1S/C16H13ClN4O2/c1-11-16(10-18-19-13-6-4-5-12(17)9-13)21(23)15-8-3-2-7-14(15)20(11)22/h2-10,19H,1H3/b18-10+. The van der Waals surface area contributed by atoms with Gasteiger partial charge in [-0.15, -0.1) is 0 Å². The van der Waals surface area contributed by atoms with E-state index in [0.717, 1.165) is 4.73 Å². The number of hydrogen-bond acceptors (Lipinski definition) is 4. The molecule has 0 aliphatic rings. The molecule has 0 bridgehead atoms. The Kier molecular flexibility index (Phi) is 3.99. The van der Waals surface area contributed by atoms with Gasteiger partial charge in [0.05, 0.1) is 5.69 Å². The maximum atomic E-state index is 12.4. The molecule has 116 valence electrons. The van der Waals surface area contributed by atoms with Crippen LogP contribution in [-0.4, -0.2) is 6.21 Å². The average Bonchev–Trinajstić information content (AvgIpc) is 2.56. The number of para-hydroxylation sites is 2. The SMILES string of the molecule is Cc1c(/C=N/Nc2cccc(Cl)c2)[n+]([O-])c2ccccc2[n+]1[O-]. The topological polar surface area (TPSA) is 78.3 Å². The molecule has 0 radical (unpaired) electrons. The van der Waals surface area contributed by atoms with E-state index in [9.17, 15) is 10.4 Å². The summed E-state index contributed by atoms with van der Waals surface area (Å²) >= 11 is 5.89. The van der Waals surface area contributed by atoms with Crippen molar-refractivity contribution in [1.82, 2.24) is 0 Å². The van der Waals surface area contributed by atoms with Crippen LogP contribution in [0.2, 0.25) is 5.02 Å². The number of hydrogen-bond donors (Lipinski definition) is 1. The predicted octanol–water partition coefficient (Wildman–Crippen LogP) is 2.51. The minimum absolute atomic E-state index is 0.174. The first kappa shape index (κ1) is 15.1. The molecule has 0 spiro atoms. The molecule has 2 aromatic carbocycles. The quantitative estimate of drug-likeness (QED) is 0.347. The molecule has 1 heterocycles. The maximum absolute atomic E-state index is 12.4. The number of aromatic nitrogens is 2. The molecule has 3 aromatic rings. The third kappa shape index (κ3) is 2.89. The number of halogens is 1. The van der Waals surface area contributed by atoms with Crippen LogP contribution >= 0.6 is 11.6 Å². The summed E-state index contributed by atoms with van der Waals surface area (Å²) in [6.45, 7) is 1.58. The molecule has 0 saturated heterocycles. The number of nitrogens with one attached hydrogen (secondary N) is 1. The summed E-state index contributed by atoms with van der Waals surface area (Å²) in [5.41, 5.74) is 4.51. The van der Waals surface area contributed by atoms with Crippen molar-refractivity contribution < 1.29 is 9.46 Å². The van der Waals surface area contributed by atoms with Crippen LogP contribution in [0.25, 0.3) is 11.0 Å². The smallest absolute Gasteiger partial charge is 0.305 e. The van der Waals surface area contributed by atoms with E-state index in [-0.39, 0.29) is 16.9 Å². The number of nitrogens with zero attached hydrogens (tertiary/aromatic N) is 3. The molecule has 0 atom stereocenters. The molecule has 3 rings (SSSR count). The van der Waals surface area contributed by atoms with Gasteiger partial charge in [0.25, 0.3) is 16.7 Å². The second-order valence-corrected chi connectivity index (χ2v) is 5.36. The van der Waals surface area contributed by atoms with Crippen LogP contribution in [0, 0.1) is 17.3 Å². The second kappa shape index (κ2) is 6.10. The number of anilines is 1. The van der Waals surface area contributed by atoms with E-state index < -0.39 is 0 Å². The lowest BCUT2D eigenvalue weighted by Gasteiger charge is -2.08. The van der Waals surface area contributed by atoms with Crippen LogP contribution in [0.1, 0.15) is 11.4 Å². The van der Waals surface area contributed by atoms with Crippen LogP contribution in [0.5, 0.6) is 0 Å². The molecule has 0 amide bonds. The highest BCUT2D eigenvalue weighted by Gasteiger charge is 2.22. The van der Waals surface area contributed by atoms with E-state index in [2.05, 4.69) is 10.5 Å². The first-order valence-electron chi connectivity index (χ1n) is 6.87. The third-order valence-electron chi connectivity index (χ3n) is 3.42.